The van der Waals surface area contributed by atoms with Crippen LogP contribution in [0.3, 0.4) is 0 Å². The molecule has 8 nitrogen and oxygen atoms in total. The van der Waals surface area contributed by atoms with Crippen LogP contribution in [0.2, 0.25) is 0 Å². The molecule has 1 fully saturated rings. The first-order valence-corrected chi connectivity index (χ1v) is 12.0. The van der Waals surface area contributed by atoms with Gasteiger partial charge in [-0.3, -0.25) is 4.79 Å². The number of nitrogens with zero attached hydrogens (tertiary/aromatic N) is 1. The molecule has 16 heteroatoms. The van der Waals surface area contributed by atoms with Crippen LogP contribution in [-0.4, -0.2) is 47.3 Å². The van der Waals surface area contributed by atoms with E-state index < -0.39 is 60.1 Å². The summed E-state index contributed by atoms with van der Waals surface area (Å²) in [6, 6.07) is 7.49. The molecule has 2 aromatic carbocycles. The molecule has 1 saturated heterocycles. The smallest absolute Gasteiger partial charge is 0.478 e. The van der Waals surface area contributed by atoms with Crippen LogP contribution in [0.5, 0.6) is 0 Å². The molecule has 1 aliphatic heterocycles. The van der Waals surface area contributed by atoms with Crippen molar-refractivity contribution in [1.29, 1.82) is 0 Å². The molecule has 1 aliphatic rings. The van der Waals surface area contributed by atoms with Crippen molar-refractivity contribution in [3.05, 3.63) is 69.4 Å². The lowest BCUT2D eigenvalue weighted by atomic mass is 9.99. The van der Waals surface area contributed by atoms with Crippen molar-refractivity contribution in [3.8, 4) is 0 Å². The van der Waals surface area contributed by atoms with E-state index in [4.69, 9.17) is 14.3 Å². The van der Waals surface area contributed by atoms with Crippen LogP contribution in [0.15, 0.2) is 51.7 Å². The third-order valence-corrected chi connectivity index (χ3v) is 6.22. The van der Waals surface area contributed by atoms with E-state index in [0.717, 1.165) is 12.1 Å². The number of nitrogens with one attached hydrogen (secondary N) is 1. The minimum Gasteiger partial charge on any atom is -0.478 e. The van der Waals surface area contributed by atoms with Gasteiger partial charge in [0, 0.05) is 43.2 Å². The van der Waals surface area contributed by atoms with Gasteiger partial charge in [0.1, 0.15) is 5.58 Å². The Labute approximate surface area is 231 Å². The number of hydrogen-bond acceptors (Lipinski definition) is 6. The van der Waals surface area contributed by atoms with Crippen molar-refractivity contribution < 1.29 is 59.3 Å². The Morgan fingerprint density at radius 1 is 1.00 bits per heavy atom. The molecule has 0 radical (unpaired) electrons. The minimum absolute atomic E-state index is 0.0165. The molecule has 0 aliphatic carbocycles. The highest BCUT2D eigenvalue weighted by atomic mass is 19.4. The molecule has 42 heavy (non-hydrogen) atoms. The first-order valence-electron chi connectivity index (χ1n) is 12.0. The molecule has 0 saturated carbocycles. The zero-order valence-corrected chi connectivity index (χ0v) is 21.4. The van der Waals surface area contributed by atoms with Crippen LogP contribution in [0.25, 0.3) is 11.0 Å². The number of piperidine rings is 1. The third kappa shape index (κ3) is 7.67. The molecule has 0 bridgehead atoms. The molecule has 1 aromatic heterocycles. The predicted octanol–water partition coefficient (Wildman–Crippen LogP) is 6.55. The van der Waals surface area contributed by atoms with E-state index in [-0.39, 0.29) is 46.8 Å². The summed E-state index contributed by atoms with van der Waals surface area (Å²) in [6.45, 7) is 1.33. The SMILES string of the molecule is CC(Nc1ccccc1C(=O)O)c1cc(C(F)(F)F)cc2c(=O)cc(N3CCC(F)(F)CC3)oc12.O=C(O)C(F)(F)F. The van der Waals surface area contributed by atoms with E-state index in [0.29, 0.717) is 6.07 Å². The Morgan fingerprint density at radius 2 is 1.57 bits per heavy atom. The summed E-state index contributed by atoms with van der Waals surface area (Å²) >= 11 is 0. The standard InChI is InChI=1S/C24H21F5N2O4.C2HF3O2/c1-13(30-18-5-3-2-4-15(18)22(33)34)16-10-14(24(27,28)29)11-17-19(32)12-20(35-21(16)17)31-8-6-23(25,26)7-9-31;3-2(4,5)1(6)7/h2-5,10-13,30H,6-9H2,1H3,(H,33,34);(H,6,7). The average Bonchev–Trinajstić information content (AvgIpc) is 2.87. The second-order valence-electron chi connectivity index (χ2n) is 9.25. The maximum atomic E-state index is 13.6. The molecule has 0 amide bonds. The lowest BCUT2D eigenvalue weighted by Gasteiger charge is -2.32. The number of anilines is 2. The molecule has 3 N–H and O–H groups in total. The lowest BCUT2D eigenvalue weighted by molar-refractivity contribution is -0.192. The van der Waals surface area contributed by atoms with Gasteiger partial charge >= 0.3 is 24.3 Å². The fraction of sp³-hybridized carbons (Fsp3) is 0.346. The number of aliphatic carboxylic acids is 1. The van der Waals surface area contributed by atoms with Gasteiger partial charge in [-0.15, -0.1) is 0 Å². The number of carbonyl (C=O) groups is 2. The van der Waals surface area contributed by atoms with Gasteiger partial charge in [-0.2, -0.15) is 26.3 Å². The maximum absolute atomic E-state index is 13.6. The van der Waals surface area contributed by atoms with Crippen LogP contribution in [0.4, 0.5) is 46.7 Å². The first-order chi connectivity index (χ1) is 19.3. The molecular formula is C26H22F8N2O6. The maximum Gasteiger partial charge on any atom is 0.490 e. The highest BCUT2D eigenvalue weighted by Crippen LogP contribution is 2.37. The van der Waals surface area contributed by atoms with E-state index in [1.165, 1.54) is 30.0 Å². The van der Waals surface area contributed by atoms with Crippen molar-refractivity contribution in [2.75, 3.05) is 23.3 Å². The number of rotatable bonds is 5. The Bertz CT molecular complexity index is 1520. The zero-order chi connectivity index (χ0) is 31.6. The summed E-state index contributed by atoms with van der Waals surface area (Å²) < 4.78 is 106. The summed E-state index contributed by atoms with van der Waals surface area (Å²) in [5.41, 5.74) is -1.91. The Hall–Kier alpha value is -4.37. The number of aromatic carboxylic acids is 1. The van der Waals surface area contributed by atoms with Gasteiger partial charge in [0.05, 0.1) is 22.6 Å². The van der Waals surface area contributed by atoms with E-state index in [1.807, 2.05) is 0 Å². The largest absolute Gasteiger partial charge is 0.490 e. The quantitative estimate of drug-likeness (QED) is 0.278. The fourth-order valence-electron chi connectivity index (χ4n) is 4.07. The third-order valence-electron chi connectivity index (χ3n) is 6.22. The average molecular weight is 610 g/mol. The van der Waals surface area contributed by atoms with Gasteiger partial charge < -0.3 is 24.8 Å². The van der Waals surface area contributed by atoms with Gasteiger partial charge in [0.2, 0.25) is 0 Å². The molecule has 228 valence electrons. The number of hydrogen-bond donors (Lipinski definition) is 3. The monoisotopic (exact) mass is 610 g/mol. The van der Waals surface area contributed by atoms with Crippen LogP contribution in [0, 0.1) is 0 Å². The van der Waals surface area contributed by atoms with Crippen LogP contribution < -0.4 is 15.6 Å². The molecular weight excluding hydrogens is 588 g/mol. The number of fused-ring (bicyclic) bond motifs is 1. The van der Waals surface area contributed by atoms with Crippen molar-refractivity contribution in [2.45, 2.75) is 44.1 Å². The highest BCUT2D eigenvalue weighted by Gasteiger charge is 2.38. The summed E-state index contributed by atoms with van der Waals surface area (Å²) in [5.74, 6) is -6.84. The van der Waals surface area contributed by atoms with Gasteiger partial charge in [-0.05, 0) is 31.2 Å². The molecule has 3 aromatic rings. The summed E-state index contributed by atoms with van der Waals surface area (Å²) in [6.07, 6.45) is -10.7. The molecule has 1 unspecified atom stereocenters. The highest BCUT2D eigenvalue weighted by molar-refractivity contribution is 5.94. The van der Waals surface area contributed by atoms with E-state index >= 15 is 0 Å². The zero-order valence-electron chi connectivity index (χ0n) is 21.4. The Morgan fingerprint density at radius 3 is 2.10 bits per heavy atom. The van der Waals surface area contributed by atoms with Crippen molar-refractivity contribution >= 4 is 34.5 Å². The topological polar surface area (TPSA) is 120 Å². The molecule has 4 rings (SSSR count). The van der Waals surface area contributed by atoms with Crippen molar-refractivity contribution in [1.82, 2.24) is 0 Å². The predicted molar refractivity (Wildman–Crippen MR) is 133 cm³/mol. The summed E-state index contributed by atoms with van der Waals surface area (Å²) in [4.78, 5) is 34.7. The Balaban J connectivity index is 0.000000616. The number of carboxylic acid groups (broad SMARTS) is 2. The van der Waals surface area contributed by atoms with Crippen molar-refractivity contribution in [3.63, 3.8) is 0 Å². The van der Waals surface area contributed by atoms with Crippen molar-refractivity contribution in [2.24, 2.45) is 0 Å². The van der Waals surface area contributed by atoms with Gasteiger partial charge in [0.25, 0.3) is 5.92 Å². The molecule has 1 atom stereocenters. The summed E-state index contributed by atoms with van der Waals surface area (Å²) in [7, 11) is 0. The molecule has 2 heterocycles. The fourth-order valence-corrected chi connectivity index (χ4v) is 4.07. The Kier molecular flexibility index (Phi) is 9.07. The first kappa shape index (κ1) is 32.1. The second-order valence-corrected chi connectivity index (χ2v) is 9.25. The minimum atomic E-state index is -5.08. The number of halogens is 8. The lowest BCUT2D eigenvalue weighted by Crippen LogP contribution is -2.39. The summed E-state index contributed by atoms with van der Waals surface area (Å²) in [5, 5.41) is 19.1. The van der Waals surface area contributed by atoms with E-state index in [1.54, 1.807) is 6.07 Å². The van der Waals surface area contributed by atoms with Gasteiger partial charge in [-0.25, -0.2) is 18.4 Å². The van der Waals surface area contributed by atoms with Crippen LogP contribution in [-0.2, 0) is 11.0 Å². The normalized spacial score (nSPS) is 15.9. The molecule has 0 spiro atoms. The van der Waals surface area contributed by atoms with Gasteiger partial charge in [0.15, 0.2) is 11.3 Å². The van der Waals surface area contributed by atoms with Crippen LogP contribution in [0.1, 0.15) is 47.3 Å². The van der Waals surface area contributed by atoms with E-state index in [9.17, 15) is 49.8 Å². The van der Waals surface area contributed by atoms with Crippen LogP contribution >= 0.6 is 0 Å². The number of benzene rings is 2. The van der Waals surface area contributed by atoms with Gasteiger partial charge in [-0.1, -0.05) is 12.1 Å². The number of carboxylic acids is 2. The number of para-hydroxylation sites is 1. The number of alkyl halides is 8. The van der Waals surface area contributed by atoms with E-state index in [2.05, 4.69) is 5.32 Å². The second kappa shape index (κ2) is 11.9.